The number of ketones is 1. The van der Waals surface area contributed by atoms with Gasteiger partial charge in [0.05, 0.1) is 5.56 Å². The summed E-state index contributed by atoms with van der Waals surface area (Å²) in [7, 11) is 0. The van der Waals surface area contributed by atoms with Gasteiger partial charge in [-0.05, 0) is 31.2 Å². The minimum absolute atomic E-state index is 0.211. The van der Waals surface area contributed by atoms with E-state index in [1.54, 1.807) is 12.1 Å². The highest BCUT2D eigenvalue weighted by Gasteiger charge is 2.11. The van der Waals surface area contributed by atoms with E-state index in [1.165, 1.54) is 24.3 Å². The van der Waals surface area contributed by atoms with Crippen LogP contribution in [0.2, 0.25) is 0 Å². The van der Waals surface area contributed by atoms with E-state index in [0.717, 1.165) is 5.56 Å². The van der Waals surface area contributed by atoms with Gasteiger partial charge in [-0.15, -0.1) is 0 Å². The van der Waals surface area contributed by atoms with Crippen LogP contribution in [0.15, 0.2) is 48.5 Å². The largest absolute Gasteiger partial charge is 0.454 e. The van der Waals surface area contributed by atoms with Crippen LogP contribution >= 0.6 is 0 Å². The summed E-state index contributed by atoms with van der Waals surface area (Å²) >= 11 is 0. The van der Waals surface area contributed by atoms with Crippen LogP contribution in [-0.4, -0.2) is 18.4 Å². The Hall–Kier alpha value is -2.49. The highest BCUT2D eigenvalue weighted by atomic mass is 19.1. The predicted octanol–water partition coefficient (Wildman–Crippen LogP) is 3.17. The molecule has 2 aromatic rings. The molecular weight excluding hydrogens is 259 g/mol. The van der Waals surface area contributed by atoms with E-state index in [1.807, 2.05) is 19.1 Å². The summed E-state index contributed by atoms with van der Waals surface area (Å²) in [6.07, 6.45) is 0. The average Bonchev–Trinajstić information content (AvgIpc) is 2.46. The molecule has 3 nitrogen and oxygen atoms in total. The minimum Gasteiger partial charge on any atom is -0.454 e. The lowest BCUT2D eigenvalue weighted by Gasteiger charge is -2.04. The van der Waals surface area contributed by atoms with E-state index >= 15 is 0 Å². The second kappa shape index (κ2) is 6.10. The lowest BCUT2D eigenvalue weighted by molar-refractivity contribution is 0.0474. The second-order valence-corrected chi connectivity index (χ2v) is 4.37. The summed E-state index contributed by atoms with van der Waals surface area (Å²) in [6.45, 7) is 1.59. The number of Topliss-reactive ketones (excluding diaryl/α,β-unsaturated/α-hetero) is 1. The van der Waals surface area contributed by atoms with Gasteiger partial charge in [-0.2, -0.15) is 0 Å². The standard InChI is InChI=1S/C16H13FO3/c1-11-2-4-12(5-3-11)15(18)10-20-16(19)13-6-8-14(17)9-7-13/h2-9H,10H2,1H3. The predicted molar refractivity (Wildman–Crippen MR) is 72.2 cm³/mol. The van der Waals surface area contributed by atoms with Crippen molar-refractivity contribution in [2.75, 3.05) is 6.61 Å². The van der Waals surface area contributed by atoms with Crippen molar-refractivity contribution in [2.45, 2.75) is 6.92 Å². The van der Waals surface area contributed by atoms with Gasteiger partial charge in [0, 0.05) is 5.56 Å². The molecule has 2 aromatic carbocycles. The van der Waals surface area contributed by atoms with Gasteiger partial charge in [0.2, 0.25) is 0 Å². The topological polar surface area (TPSA) is 43.4 Å². The Morgan fingerprint density at radius 1 is 0.950 bits per heavy atom. The lowest BCUT2D eigenvalue weighted by atomic mass is 10.1. The molecule has 0 fully saturated rings. The number of halogens is 1. The number of aryl methyl sites for hydroxylation is 1. The van der Waals surface area contributed by atoms with Crippen molar-refractivity contribution in [2.24, 2.45) is 0 Å². The zero-order chi connectivity index (χ0) is 14.5. The first-order chi connectivity index (χ1) is 9.56. The Balaban J connectivity index is 1.94. The van der Waals surface area contributed by atoms with Crippen molar-refractivity contribution in [3.05, 3.63) is 71.0 Å². The van der Waals surface area contributed by atoms with Crippen LogP contribution in [0.5, 0.6) is 0 Å². The fourth-order valence-electron chi connectivity index (χ4n) is 1.62. The number of esters is 1. The molecule has 0 aliphatic heterocycles. The van der Waals surface area contributed by atoms with Crippen molar-refractivity contribution in [3.8, 4) is 0 Å². The SMILES string of the molecule is Cc1ccc(C(=O)COC(=O)c2ccc(F)cc2)cc1. The number of benzene rings is 2. The molecular formula is C16H13FO3. The zero-order valence-electron chi connectivity index (χ0n) is 10.9. The molecule has 0 radical (unpaired) electrons. The molecule has 0 aliphatic carbocycles. The second-order valence-electron chi connectivity index (χ2n) is 4.37. The molecule has 0 saturated heterocycles. The van der Waals surface area contributed by atoms with Gasteiger partial charge in [0.15, 0.2) is 12.4 Å². The van der Waals surface area contributed by atoms with Gasteiger partial charge in [-0.1, -0.05) is 29.8 Å². The Morgan fingerprint density at radius 3 is 2.10 bits per heavy atom. The van der Waals surface area contributed by atoms with E-state index in [2.05, 4.69) is 0 Å². The van der Waals surface area contributed by atoms with Crippen molar-refractivity contribution in [3.63, 3.8) is 0 Å². The Morgan fingerprint density at radius 2 is 1.50 bits per heavy atom. The Bertz CT molecular complexity index is 558. The Labute approximate surface area is 116 Å². The molecule has 0 amide bonds. The third-order valence-corrected chi connectivity index (χ3v) is 2.79. The van der Waals surface area contributed by atoms with Crippen LogP contribution in [0.3, 0.4) is 0 Å². The molecule has 0 aliphatic rings. The Kier molecular flexibility index (Phi) is 4.25. The van der Waals surface area contributed by atoms with Crippen LogP contribution in [0.4, 0.5) is 4.39 Å². The van der Waals surface area contributed by atoms with Gasteiger partial charge in [0.1, 0.15) is 5.82 Å². The highest BCUT2D eigenvalue weighted by molar-refractivity contribution is 5.99. The van der Waals surface area contributed by atoms with Crippen LogP contribution in [-0.2, 0) is 4.74 Å². The maximum Gasteiger partial charge on any atom is 0.338 e. The minimum atomic E-state index is -0.648. The molecule has 20 heavy (non-hydrogen) atoms. The number of ether oxygens (including phenoxy) is 1. The van der Waals surface area contributed by atoms with E-state index < -0.39 is 11.8 Å². The van der Waals surface area contributed by atoms with E-state index in [9.17, 15) is 14.0 Å². The summed E-state index contributed by atoms with van der Waals surface area (Å²) < 4.78 is 17.6. The quantitative estimate of drug-likeness (QED) is 0.634. The monoisotopic (exact) mass is 272 g/mol. The fourth-order valence-corrected chi connectivity index (χ4v) is 1.62. The lowest BCUT2D eigenvalue weighted by Crippen LogP contribution is -2.14. The molecule has 4 heteroatoms. The zero-order valence-corrected chi connectivity index (χ0v) is 10.9. The molecule has 0 saturated carbocycles. The van der Waals surface area contributed by atoms with E-state index in [4.69, 9.17) is 4.74 Å². The summed E-state index contributed by atoms with van der Waals surface area (Å²) in [5.41, 5.74) is 1.75. The molecule has 0 N–H and O–H groups in total. The van der Waals surface area contributed by atoms with Crippen LogP contribution in [0, 0.1) is 12.7 Å². The third-order valence-electron chi connectivity index (χ3n) is 2.79. The maximum absolute atomic E-state index is 12.7. The van der Waals surface area contributed by atoms with Gasteiger partial charge < -0.3 is 4.74 Å². The van der Waals surface area contributed by atoms with Crippen LogP contribution in [0.25, 0.3) is 0 Å². The normalized spacial score (nSPS) is 10.1. The molecule has 0 atom stereocenters. The van der Waals surface area contributed by atoms with Gasteiger partial charge in [-0.3, -0.25) is 4.79 Å². The average molecular weight is 272 g/mol. The number of hydrogen-bond donors (Lipinski definition) is 0. The molecule has 0 spiro atoms. The van der Waals surface area contributed by atoms with Crippen molar-refractivity contribution in [1.82, 2.24) is 0 Å². The van der Waals surface area contributed by atoms with E-state index in [0.29, 0.717) is 5.56 Å². The van der Waals surface area contributed by atoms with E-state index in [-0.39, 0.29) is 18.0 Å². The van der Waals surface area contributed by atoms with Gasteiger partial charge >= 0.3 is 5.97 Å². The summed E-state index contributed by atoms with van der Waals surface area (Å²) in [5, 5.41) is 0. The molecule has 0 bridgehead atoms. The molecule has 0 unspecified atom stereocenters. The third kappa shape index (κ3) is 3.51. The molecule has 2 rings (SSSR count). The first kappa shape index (κ1) is 13.9. The first-order valence-electron chi connectivity index (χ1n) is 6.09. The van der Waals surface area contributed by atoms with Crippen LogP contribution < -0.4 is 0 Å². The maximum atomic E-state index is 12.7. The number of carbonyl (C=O) groups excluding carboxylic acids is 2. The molecule has 0 heterocycles. The van der Waals surface area contributed by atoms with Crippen LogP contribution in [0.1, 0.15) is 26.3 Å². The fraction of sp³-hybridized carbons (Fsp3) is 0.125. The number of rotatable bonds is 4. The smallest absolute Gasteiger partial charge is 0.338 e. The van der Waals surface area contributed by atoms with Crippen molar-refractivity contribution in [1.29, 1.82) is 0 Å². The first-order valence-corrected chi connectivity index (χ1v) is 6.09. The molecule has 0 aromatic heterocycles. The van der Waals surface area contributed by atoms with Crippen molar-refractivity contribution < 1.29 is 18.7 Å². The molecule has 102 valence electrons. The summed E-state index contributed by atoms with van der Waals surface area (Å²) in [5.74, 6) is -1.36. The van der Waals surface area contributed by atoms with Crippen molar-refractivity contribution >= 4 is 11.8 Å². The van der Waals surface area contributed by atoms with Gasteiger partial charge in [0.25, 0.3) is 0 Å². The summed E-state index contributed by atoms with van der Waals surface area (Å²) in [6, 6.07) is 12.0. The number of carbonyl (C=O) groups is 2. The van der Waals surface area contributed by atoms with Gasteiger partial charge in [-0.25, -0.2) is 9.18 Å². The number of hydrogen-bond acceptors (Lipinski definition) is 3. The summed E-state index contributed by atoms with van der Waals surface area (Å²) in [4.78, 5) is 23.5. The highest BCUT2D eigenvalue weighted by Crippen LogP contribution is 2.07.